The Hall–Kier alpha value is -0.780. The predicted molar refractivity (Wildman–Crippen MR) is 59.4 cm³/mol. The van der Waals surface area contributed by atoms with Gasteiger partial charge in [-0.15, -0.1) is 10.2 Å². The van der Waals surface area contributed by atoms with Crippen molar-refractivity contribution in [2.75, 3.05) is 0 Å². The molecular formula is C8H6Cl2N4S. The highest BCUT2D eigenvalue weighted by atomic mass is 35.5. The molecule has 0 aliphatic heterocycles. The summed E-state index contributed by atoms with van der Waals surface area (Å²) in [6.07, 6.45) is 3.63. The molecule has 4 nitrogen and oxygen atoms in total. The van der Waals surface area contributed by atoms with Crippen LogP contribution in [0.2, 0.25) is 10.3 Å². The monoisotopic (exact) mass is 260 g/mol. The van der Waals surface area contributed by atoms with Crippen LogP contribution in [0.15, 0.2) is 28.3 Å². The highest BCUT2D eigenvalue weighted by Gasteiger charge is 2.07. The first-order chi connectivity index (χ1) is 7.15. The summed E-state index contributed by atoms with van der Waals surface area (Å²) in [7, 11) is 1.85. The van der Waals surface area contributed by atoms with Gasteiger partial charge in [0.1, 0.15) is 0 Å². The van der Waals surface area contributed by atoms with Crippen LogP contribution in [-0.2, 0) is 7.05 Å². The summed E-state index contributed by atoms with van der Waals surface area (Å²) in [5.41, 5.74) is 0. The van der Waals surface area contributed by atoms with Crippen molar-refractivity contribution in [1.82, 2.24) is 20.0 Å². The molecule has 2 heterocycles. The molecule has 2 rings (SSSR count). The second-order valence-electron chi connectivity index (χ2n) is 2.77. The van der Waals surface area contributed by atoms with E-state index < -0.39 is 0 Å². The Morgan fingerprint density at radius 2 is 2.13 bits per heavy atom. The Kier molecular flexibility index (Phi) is 3.14. The molecule has 78 valence electrons. The molecule has 0 radical (unpaired) electrons. The molecule has 0 aliphatic carbocycles. The lowest BCUT2D eigenvalue weighted by molar-refractivity contribution is 0.766. The van der Waals surface area contributed by atoms with E-state index in [0.717, 1.165) is 9.79 Å². The van der Waals surface area contributed by atoms with Gasteiger partial charge in [0.15, 0.2) is 10.3 Å². The number of hydrogen-bond donors (Lipinski definition) is 0. The third-order valence-electron chi connectivity index (χ3n) is 1.60. The Bertz CT molecular complexity index is 485. The lowest BCUT2D eigenvalue weighted by Gasteiger charge is -1.99. The number of halogens is 2. The van der Waals surface area contributed by atoms with Gasteiger partial charge in [-0.2, -0.15) is 5.10 Å². The summed E-state index contributed by atoms with van der Waals surface area (Å²) in [4.78, 5) is 1.74. The minimum Gasteiger partial charge on any atom is -0.275 e. The first-order valence-electron chi connectivity index (χ1n) is 4.00. The number of aryl methyl sites for hydroxylation is 1. The van der Waals surface area contributed by atoms with Crippen LogP contribution in [0.3, 0.4) is 0 Å². The van der Waals surface area contributed by atoms with E-state index in [9.17, 15) is 0 Å². The molecule has 0 bridgehead atoms. The van der Waals surface area contributed by atoms with Crippen molar-refractivity contribution in [1.29, 1.82) is 0 Å². The first-order valence-corrected chi connectivity index (χ1v) is 5.57. The fourth-order valence-electron chi connectivity index (χ4n) is 0.988. The molecule has 0 atom stereocenters. The van der Waals surface area contributed by atoms with Crippen molar-refractivity contribution < 1.29 is 0 Å². The smallest absolute Gasteiger partial charge is 0.165 e. The quantitative estimate of drug-likeness (QED) is 0.833. The van der Waals surface area contributed by atoms with Gasteiger partial charge in [0.2, 0.25) is 0 Å². The van der Waals surface area contributed by atoms with Crippen LogP contribution in [0.4, 0.5) is 0 Å². The van der Waals surface area contributed by atoms with Crippen molar-refractivity contribution in [3.8, 4) is 0 Å². The average Bonchev–Trinajstić information content (AvgIpc) is 2.58. The molecule has 15 heavy (non-hydrogen) atoms. The number of hydrogen-bond acceptors (Lipinski definition) is 4. The normalized spacial score (nSPS) is 10.6. The number of nitrogens with zero attached hydrogens (tertiary/aromatic N) is 4. The van der Waals surface area contributed by atoms with E-state index in [4.69, 9.17) is 23.2 Å². The molecule has 7 heteroatoms. The highest BCUT2D eigenvalue weighted by Crippen LogP contribution is 2.32. The van der Waals surface area contributed by atoms with E-state index in [2.05, 4.69) is 15.3 Å². The van der Waals surface area contributed by atoms with Crippen LogP contribution in [0.5, 0.6) is 0 Å². The second-order valence-corrected chi connectivity index (χ2v) is 4.63. The maximum Gasteiger partial charge on any atom is 0.165 e. The van der Waals surface area contributed by atoms with Gasteiger partial charge in [0.05, 0.1) is 16.0 Å². The molecule has 0 fully saturated rings. The van der Waals surface area contributed by atoms with Gasteiger partial charge in [-0.1, -0.05) is 35.0 Å². The summed E-state index contributed by atoms with van der Waals surface area (Å²) in [5, 5.41) is 12.1. The van der Waals surface area contributed by atoms with Gasteiger partial charge in [-0.05, 0) is 6.07 Å². The molecule has 2 aromatic heterocycles. The van der Waals surface area contributed by atoms with Crippen molar-refractivity contribution in [3.05, 3.63) is 28.8 Å². The van der Waals surface area contributed by atoms with Crippen molar-refractivity contribution in [2.45, 2.75) is 9.79 Å². The predicted octanol–water partition coefficient (Wildman–Crippen LogP) is 2.67. The Morgan fingerprint density at radius 1 is 1.33 bits per heavy atom. The first kappa shape index (κ1) is 10.7. The molecule has 0 amide bonds. The largest absolute Gasteiger partial charge is 0.275 e. The van der Waals surface area contributed by atoms with Crippen LogP contribution < -0.4 is 0 Å². The van der Waals surface area contributed by atoms with Gasteiger partial charge in [0, 0.05) is 13.2 Å². The molecular weight excluding hydrogens is 255 g/mol. The zero-order chi connectivity index (χ0) is 10.8. The topological polar surface area (TPSA) is 43.6 Å². The van der Waals surface area contributed by atoms with E-state index in [-0.39, 0.29) is 0 Å². The molecule has 0 aromatic carbocycles. The third-order valence-corrected chi connectivity index (χ3v) is 3.15. The summed E-state index contributed by atoms with van der Waals surface area (Å²) in [6.45, 7) is 0. The number of aromatic nitrogens is 4. The van der Waals surface area contributed by atoms with Crippen LogP contribution in [0.25, 0.3) is 0 Å². The lowest BCUT2D eigenvalue weighted by Crippen LogP contribution is -1.85. The zero-order valence-corrected chi connectivity index (χ0v) is 10.0. The number of rotatable bonds is 2. The fraction of sp³-hybridized carbons (Fsp3) is 0.125. The van der Waals surface area contributed by atoms with Crippen LogP contribution >= 0.6 is 35.0 Å². The van der Waals surface area contributed by atoms with Crippen LogP contribution in [0.1, 0.15) is 0 Å². The maximum absolute atomic E-state index is 5.87. The molecule has 0 unspecified atom stereocenters. The maximum atomic E-state index is 5.87. The lowest BCUT2D eigenvalue weighted by atomic mass is 10.6. The van der Waals surface area contributed by atoms with Crippen molar-refractivity contribution >= 4 is 35.0 Å². The van der Waals surface area contributed by atoms with Gasteiger partial charge in [0.25, 0.3) is 0 Å². The van der Waals surface area contributed by atoms with E-state index in [1.807, 2.05) is 13.2 Å². The fourth-order valence-corrected chi connectivity index (χ4v) is 2.26. The van der Waals surface area contributed by atoms with Crippen molar-refractivity contribution in [2.24, 2.45) is 7.05 Å². The molecule has 0 spiro atoms. The summed E-state index contributed by atoms with van der Waals surface area (Å²) in [6, 6.07) is 1.68. The standard InChI is InChI=1S/C8H6Cl2N4S/c1-14-4-5(3-11-14)15-6-2-7(9)12-13-8(6)10/h2-4H,1H3. The average molecular weight is 261 g/mol. The van der Waals surface area contributed by atoms with E-state index in [1.165, 1.54) is 11.8 Å². The Balaban J connectivity index is 2.27. The van der Waals surface area contributed by atoms with Crippen LogP contribution in [0, 0.1) is 0 Å². The SMILES string of the molecule is Cn1cc(Sc2cc(Cl)nnc2Cl)cn1. The third kappa shape index (κ3) is 2.62. The highest BCUT2D eigenvalue weighted by molar-refractivity contribution is 7.99. The molecule has 0 aliphatic rings. The van der Waals surface area contributed by atoms with Gasteiger partial charge in [-0.25, -0.2) is 0 Å². The van der Waals surface area contributed by atoms with Gasteiger partial charge < -0.3 is 0 Å². The summed E-state index contributed by atoms with van der Waals surface area (Å²) in [5.74, 6) is 0. The Labute approximate surface area is 101 Å². The minimum absolute atomic E-state index is 0.325. The van der Waals surface area contributed by atoms with E-state index in [0.29, 0.717) is 10.3 Å². The summed E-state index contributed by atoms with van der Waals surface area (Å²) < 4.78 is 1.71. The molecule has 2 aromatic rings. The van der Waals surface area contributed by atoms with E-state index in [1.54, 1.807) is 16.9 Å². The molecule has 0 saturated carbocycles. The second kappa shape index (κ2) is 4.38. The van der Waals surface area contributed by atoms with E-state index >= 15 is 0 Å². The molecule has 0 N–H and O–H groups in total. The molecule has 0 saturated heterocycles. The Morgan fingerprint density at radius 3 is 2.80 bits per heavy atom. The van der Waals surface area contributed by atoms with Gasteiger partial charge >= 0.3 is 0 Å². The summed E-state index contributed by atoms with van der Waals surface area (Å²) >= 11 is 13.0. The zero-order valence-electron chi connectivity index (χ0n) is 7.69. The minimum atomic E-state index is 0.325. The van der Waals surface area contributed by atoms with Crippen LogP contribution in [-0.4, -0.2) is 20.0 Å². The van der Waals surface area contributed by atoms with Crippen molar-refractivity contribution in [3.63, 3.8) is 0 Å². The van der Waals surface area contributed by atoms with Gasteiger partial charge in [-0.3, -0.25) is 4.68 Å².